The molecular weight excluding hydrogens is 721 g/mol. The molecule has 0 heterocycles. The maximum absolute atomic E-state index is 12.8. The van der Waals surface area contributed by atoms with E-state index in [-0.39, 0.29) is 31.1 Å². The summed E-state index contributed by atoms with van der Waals surface area (Å²) in [6, 6.07) is 0. The molecule has 0 aliphatic heterocycles. The first-order chi connectivity index (χ1) is 28.4. The lowest BCUT2D eigenvalue weighted by Crippen LogP contribution is -2.30. The van der Waals surface area contributed by atoms with Gasteiger partial charge >= 0.3 is 17.9 Å². The minimum absolute atomic E-state index is 0.0633. The summed E-state index contributed by atoms with van der Waals surface area (Å²) in [5.41, 5.74) is 0. The van der Waals surface area contributed by atoms with Crippen LogP contribution in [0.2, 0.25) is 0 Å². The molecule has 0 saturated carbocycles. The van der Waals surface area contributed by atoms with Gasteiger partial charge in [-0.1, -0.05) is 252 Å². The lowest BCUT2D eigenvalue weighted by molar-refractivity contribution is -0.167. The van der Waals surface area contributed by atoms with Gasteiger partial charge in [0.1, 0.15) is 13.2 Å². The van der Waals surface area contributed by atoms with Crippen molar-refractivity contribution in [3.05, 3.63) is 0 Å². The van der Waals surface area contributed by atoms with Crippen LogP contribution in [0.3, 0.4) is 0 Å². The van der Waals surface area contributed by atoms with Crippen LogP contribution in [0.1, 0.15) is 291 Å². The lowest BCUT2D eigenvalue weighted by atomic mass is 10.0. The van der Waals surface area contributed by atoms with Crippen molar-refractivity contribution in [1.82, 2.24) is 0 Å². The summed E-state index contributed by atoms with van der Waals surface area (Å²) in [5.74, 6) is -0.0660. The number of unbranched alkanes of at least 4 members (excludes halogenated alkanes) is 34. The molecule has 0 aromatic rings. The Morgan fingerprint density at radius 1 is 0.328 bits per heavy atom. The van der Waals surface area contributed by atoms with E-state index >= 15 is 0 Å². The number of esters is 3. The van der Waals surface area contributed by atoms with E-state index in [2.05, 4.69) is 27.7 Å². The highest BCUT2D eigenvalue weighted by Gasteiger charge is 2.19. The van der Waals surface area contributed by atoms with Crippen molar-refractivity contribution < 1.29 is 28.6 Å². The summed E-state index contributed by atoms with van der Waals surface area (Å²) in [6.45, 7) is 8.98. The summed E-state index contributed by atoms with van der Waals surface area (Å²) >= 11 is 0. The van der Waals surface area contributed by atoms with Crippen LogP contribution in [0.5, 0.6) is 0 Å². The van der Waals surface area contributed by atoms with E-state index < -0.39 is 6.10 Å². The van der Waals surface area contributed by atoms with Crippen LogP contribution in [-0.2, 0) is 28.6 Å². The topological polar surface area (TPSA) is 78.9 Å². The maximum Gasteiger partial charge on any atom is 0.306 e. The fraction of sp³-hybridized carbons (Fsp3) is 0.942. The van der Waals surface area contributed by atoms with Crippen molar-refractivity contribution in [3.63, 3.8) is 0 Å². The Balaban J connectivity index is 4.26. The Morgan fingerprint density at radius 3 is 0.845 bits per heavy atom. The zero-order valence-corrected chi connectivity index (χ0v) is 39.5. The van der Waals surface area contributed by atoms with Gasteiger partial charge < -0.3 is 14.2 Å². The van der Waals surface area contributed by atoms with E-state index in [0.29, 0.717) is 19.3 Å². The van der Waals surface area contributed by atoms with Gasteiger partial charge in [0, 0.05) is 19.3 Å². The number of hydrogen-bond donors (Lipinski definition) is 0. The molecule has 0 aromatic heterocycles. The second kappa shape index (κ2) is 46.5. The molecule has 58 heavy (non-hydrogen) atoms. The van der Waals surface area contributed by atoms with Crippen LogP contribution in [0.4, 0.5) is 0 Å². The summed E-state index contributed by atoms with van der Waals surface area (Å²) < 4.78 is 16.8. The van der Waals surface area contributed by atoms with Crippen LogP contribution in [0.15, 0.2) is 0 Å². The minimum atomic E-state index is -0.760. The lowest BCUT2D eigenvalue weighted by Gasteiger charge is -2.18. The second-order valence-corrected chi connectivity index (χ2v) is 18.3. The first-order valence-corrected chi connectivity index (χ1v) is 25.9. The molecule has 0 spiro atoms. The third kappa shape index (κ3) is 45.5. The summed E-state index contributed by atoms with van der Waals surface area (Å²) in [5, 5.41) is 0. The van der Waals surface area contributed by atoms with Gasteiger partial charge in [0.2, 0.25) is 0 Å². The molecule has 1 atom stereocenters. The molecule has 0 rings (SSSR count). The molecule has 344 valence electrons. The van der Waals surface area contributed by atoms with Crippen LogP contribution >= 0.6 is 0 Å². The van der Waals surface area contributed by atoms with Crippen molar-refractivity contribution in [2.45, 2.75) is 297 Å². The zero-order valence-electron chi connectivity index (χ0n) is 39.5. The van der Waals surface area contributed by atoms with Crippen molar-refractivity contribution in [2.24, 2.45) is 5.92 Å². The third-order valence-corrected chi connectivity index (χ3v) is 11.8. The molecule has 6 nitrogen and oxygen atoms in total. The van der Waals surface area contributed by atoms with Crippen molar-refractivity contribution in [2.75, 3.05) is 13.2 Å². The van der Waals surface area contributed by atoms with Gasteiger partial charge in [-0.3, -0.25) is 14.4 Å². The first kappa shape index (κ1) is 56.4. The van der Waals surface area contributed by atoms with Crippen LogP contribution in [0.25, 0.3) is 0 Å². The van der Waals surface area contributed by atoms with Crippen molar-refractivity contribution >= 4 is 17.9 Å². The smallest absolute Gasteiger partial charge is 0.306 e. The maximum atomic E-state index is 12.8. The molecule has 0 aliphatic carbocycles. The van der Waals surface area contributed by atoms with Gasteiger partial charge in [0.25, 0.3) is 0 Å². The largest absolute Gasteiger partial charge is 0.462 e. The van der Waals surface area contributed by atoms with Crippen molar-refractivity contribution in [3.8, 4) is 0 Å². The number of hydrogen-bond acceptors (Lipinski definition) is 6. The zero-order chi connectivity index (χ0) is 42.4. The highest BCUT2D eigenvalue weighted by molar-refractivity contribution is 5.71. The monoisotopic (exact) mass is 821 g/mol. The van der Waals surface area contributed by atoms with Crippen LogP contribution in [0, 0.1) is 5.92 Å². The SMILES string of the molecule is CCCCCCCCCCCCCCCCCCCC(=O)OC[C@@H](COC(=O)CCCCCCCCCC(C)C)OC(=O)CCCCCCCCCCCCCCC. The van der Waals surface area contributed by atoms with E-state index in [1.54, 1.807) is 0 Å². The molecule has 0 amide bonds. The number of carbonyl (C=O) groups excluding carboxylic acids is 3. The van der Waals surface area contributed by atoms with Crippen LogP contribution < -0.4 is 0 Å². The number of carbonyl (C=O) groups is 3. The molecule has 0 bridgehead atoms. The van der Waals surface area contributed by atoms with Gasteiger partial charge in [-0.25, -0.2) is 0 Å². The van der Waals surface area contributed by atoms with Gasteiger partial charge in [-0.05, 0) is 25.2 Å². The van der Waals surface area contributed by atoms with Gasteiger partial charge in [-0.2, -0.15) is 0 Å². The number of rotatable bonds is 47. The fourth-order valence-corrected chi connectivity index (χ4v) is 7.86. The standard InChI is InChI=1S/C52H100O6/c1-5-7-9-11-13-15-17-19-20-21-22-24-25-27-31-35-39-43-50(53)56-46-49(47-57-51(54)44-40-36-33-29-30-34-38-42-48(3)4)58-52(55)45-41-37-32-28-26-23-18-16-14-12-10-8-6-2/h48-49H,5-47H2,1-4H3/t49-/m0/s1. The molecule has 0 fully saturated rings. The molecule has 0 aliphatic rings. The molecule has 6 heteroatoms. The predicted molar refractivity (Wildman–Crippen MR) is 247 cm³/mol. The second-order valence-electron chi connectivity index (χ2n) is 18.3. The Bertz CT molecular complexity index is 872. The average Bonchev–Trinajstić information content (AvgIpc) is 3.21. The van der Waals surface area contributed by atoms with E-state index in [1.165, 1.54) is 186 Å². The summed E-state index contributed by atoms with van der Waals surface area (Å²) in [7, 11) is 0. The van der Waals surface area contributed by atoms with E-state index in [4.69, 9.17) is 14.2 Å². The highest BCUT2D eigenvalue weighted by atomic mass is 16.6. The Hall–Kier alpha value is -1.59. The molecule has 0 saturated heterocycles. The quantitative estimate of drug-likeness (QED) is 0.0346. The molecule has 0 unspecified atom stereocenters. The Kier molecular flexibility index (Phi) is 45.2. The highest BCUT2D eigenvalue weighted by Crippen LogP contribution is 2.17. The van der Waals surface area contributed by atoms with Crippen LogP contribution in [-0.4, -0.2) is 37.2 Å². The average molecular weight is 821 g/mol. The van der Waals surface area contributed by atoms with Crippen molar-refractivity contribution in [1.29, 1.82) is 0 Å². The predicted octanol–water partition coefficient (Wildman–Crippen LogP) is 16.7. The molecule has 0 aromatic carbocycles. The van der Waals surface area contributed by atoms with Gasteiger partial charge in [0.15, 0.2) is 6.10 Å². The number of ether oxygens (including phenoxy) is 3. The van der Waals surface area contributed by atoms with E-state index in [9.17, 15) is 14.4 Å². The summed E-state index contributed by atoms with van der Waals surface area (Å²) in [4.78, 5) is 37.9. The normalized spacial score (nSPS) is 11.9. The van der Waals surface area contributed by atoms with E-state index in [1.807, 2.05) is 0 Å². The van der Waals surface area contributed by atoms with E-state index in [0.717, 1.165) is 63.7 Å². The minimum Gasteiger partial charge on any atom is -0.462 e. The third-order valence-electron chi connectivity index (χ3n) is 11.8. The first-order valence-electron chi connectivity index (χ1n) is 25.9. The fourth-order valence-electron chi connectivity index (χ4n) is 7.86. The molecule has 0 N–H and O–H groups in total. The molecule has 0 radical (unpaired) electrons. The summed E-state index contributed by atoms with van der Waals surface area (Å²) in [6.07, 6.45) is 48.1. The Labute approximate surface area is 361 Å². The molecular formula is C52H100O6. The van der Waals surface area contributed by atoms with Gasteiger partial charge in [0.05, 0.1) is 0 Å². The van der Waals surface area contributed by atoms with Gasteiger partial charge in [-0.15, -0.1) is 0 Å². The Morgan fingerprint density at radius 2 is 0.569 bits per heavy atom.